The van der Waals surface area contributed by atoms with Crippen LogP contribution < -0.4 is 11.3 Å². The molecule has 76 valence electrons. The first kappa shape index (κ1) is 9.35. The number of aromatic nitrogens is 2. The zero-order valence-corrected chi connectivity index (χ0v) is 8.00. The zero-order valence-electron chi connectivity index (χ0n) is 7.19. The number of nitrogens with one attached hydrogen (secondary N) is 1. The lowest BCUT2D eigenvalue weighted by Gasteiger charge is -2.02. The van der Waals surface area contributed by atoms with Gasteiger partial charge in [-0.25, -0.2) is 0 Å². The molecule has 0 bridgehead atoms. The van der Waals surface area contributed by atoms with Crippen LogP contribution in [-0.4, -0.2) is 25.4 Å². The molecule has 0 amide bonds. The number of aromatic amines is 1. The summed E-state index contributed by atoms with van der Waals surface area (Å²) in [7, 11) is 0. The van der Waals surface area contributed by atoms with E-state index in [1.807, 2.05) is 0 Å². The minimum atomic E-state index is -1.14. The molecule has 1 fully saturated rings. The van der Waals surface area contributed by atoms with Crippen molar-refractivity contribution >= 4 is 17.7 Å². The lowest BCUT2D eigenvalue weighted by atomic mass is 10.1. The van der Waals surface area contributed by atoms with Gasteiger partial charge >= 0.3 is 5.97 Å². The Morgan fingerprint density at radius 1 is 1.86 bits per heavy atom. The molecule has 14 heavy (non-hydrogen) atoms. The first-order chi connectivity index (χ1) is 6.54. The van der Waals surface area contributed by atoms with Crippen LogP contribution in [0.1, 0.15) is 12.1 Å². The minimum absolute atomic E-state index is 0.164. The van der Waals surface area contributed by atoms with E-state index in [4.69, 9.17) is 10.8 Å². The number of aliphatic carboxylic acids is 1. The van der Waals surface area contributed by atoms with Crippen LogP contribution in [0.2, 0.25) is 0 Å². The van der Waals surface area contributed by atoms with Crippen molar-refractivity contribution in [3.8, 4) is 0 Å². The van der Waals surface area contributed by atoms with E-state index in [9.17, 15) is 9.59 Å². The quantitative estimate of drug-likeness (QED) is 0.610. The van der Waals surface area contributed by atoms with Crippen molar-refractivity contribution in [2.75, 3.05) is 0 Å². The Morgan fingerprint density at radius 2 is 2.57 bits per heavy atom. The molecule has 0 saturated heterocycles. The van der Waals surface area contributed by atoms with Gasteiger partial charge in [0.2, 0.25) is 0 Å². The van der Waals surface area contributed by atoms with E-state index in [2.05, 4.69) is 8.75 Å². The third-order valence-corrected chi connectivity index (χ3v) is 3.14. The highest BCUT2D eigenvalue weighted by molar-refractivity contribution is 6.99. The second-order valence-electron chi connectivity index (χ2n) is 3.51. The largest absolute Gasteiger partial charge is 0.480 e. The molecule has 7 heteroatoms. The van der Waals surface area contributed by atoms with Crippen LogP contribution >= 0.6 is 11.7 Å². The number of hydrogen-bond acceptors (Lipinski definition) is 5. The van der Waals surface area contributed by atoms with Crippen LogP contribution in [0.15, 0.2) is 4.79 Å². The average molecular weight is 215 g/mol. The van der Waals surface area contributed by atoms with Crippen molar-refractivity contribution in [2.45, 2.75) is 18.4 Å². The van der Waals surface area contributed by atoms with Crippen LogP contribution in [0, 0.1) is 5.92 Å². The molecule has 1 aromatic rings. The molecule has 2 rings (SSSR count). The first-order valence-corrected chi connectivity index (χ1v) is 4.87. The van der Waals surface area contributed by atoms with Gasteiger partial charge in [-0.15, -0.1) is 0 Å². The van der Waals surface area contributed by atoms with E-state index < -0.39 is 11.5 Å². The molecule has 1 saturated carbocycles. The van der Waals surface area contributed by atoms with E-state index >= 15 is 0 Å². The SMILES string of the molecule is N[C@]1(C(=O)O)C[C@H]1Cc1ns[nH]c1=O. The van der Waals surface area contributed by atoms with E-state index in [0.29, 0.717) is 18.5 Å². The van der Waals surface area contributed by atoms with Gasteiger partial charge in [0.25, 0.3) is 5.56 Å². The second kappa shape index (κ2) is 2.89. The number of carbonyl (C=O) groups is 1. The monoisotopic (exact) mass is 215 g/mol. The smallest absolute Gasteiger partial charge is 0.323 e. The van der Waals surface area contributed by atoms with Gasteiger partial charge in [-0.05, 0) is 12.3 Å². The highest BCUT2D eigenvalue weighted by Crippen LogP contribution is 2.42. The van der Waals surface area contributed by atoms with Crippen molar-refractivity contribution < 1.29 is 9.90 Å². The summed E-state index contributed by atoms with van der Waals surface area (Å²) in [5, 5.41) is 8.75. The molecule has 0 aromatic carbocycles. The molecule has 0 spiro atoms. The molecular formula is C7H9N3O3S. The van der Waals surface area contributed by atoms with Crippen molar-refractivity contribution in [1.29, 1.82) is 0 Å². The van der Waals surface area contributed by atoms with Crippen molar-refractivity contribution in [1.82, 2.24) is 8.75 Å². The van der Waals surface area contributed by atoms with Crippen molar-refractivity contribution in [3.63, 3.8) is 0 Å². The third kappa shape index (κ3) is 1.34. The first-order valence-electron chi connectivity index (χ1n) is 4.09. The Hall–Kier alpha value is -1.21. The second-order valence-corrected chi connectivity index (χ2v) is 4.08. The number of nitrogens with zero attached hydrogens (tertiary/aromatic N) is 1. The van der Waals surface area contributed by atoms with Crippen LogP contribution in [0.3, 0.4) is 0 Å². The van der Waals surface area contributed by atoms with Gasteiger partial charge < -0.3 is 10.8 Å². The van der Waals surface area contributed by atoms with Crippen LogP contribution in [0.25, 0.3) is 0 Å². The zero-order chi connectivity index (χ0) is 10.3. The fourth-order valence-electron chi connectivity index (χ4n) is 1.45. The predicted molar refractivity (Wildman–Crippen MR) is 49.1 cm³/mol. The Labute approximate surface area is 83.1 Å². The molecule has 6 nitrogen and oxygen atoms in total. The number of H-pyrrole nitrogens is 1. The molecule has 1 aliphatic rings. The van der Waals surface area contributed by atoms with Gasteiger partial charge in [-0.2, -0.15) is 4.37 Å². The van der Waals surface area contributed by atoms with Crippen molar-refractivity contribution in [2.24, 2.45) is 11.7 Å². The summed E-state index contributed by atoms with van der Waals surface area (Å²) in [5.74, 6) is -1.17. The van der Waals surface area contributed by atoms with Crippen LogP contribution in [-0.2, 0) is 11.2 Å². The van der Waals surface area contributed by atoms with Gasteiger partial charge in [0.15, 0.2) is 0 Å². The third-order valence-electron chi connectivity index (χ3n) is 2.55. The molecule has 0 unspecified atom stereocenters. The van der Waals surface area contributed by atoms with E-state index in [1.54, 1.807) is 0 Å². The number of carboxylic acids is 1. The maximum Gasteiger partial charge on any atom is 0.323 e. The topological polar surface area (TPSA) is 109 Å². The molecular weight excluding hydrogens is 206 g/mol. The van der Waals surface area contributed by atoms with Gasteiger partial charge in [0.05, 0.1) is 0 Å². The fraction of sp³-hybridized carbons (Fsp3) is 0.571. The predicted octanol–water partition coefficient (Wildman–Crippen LogP) is -0.824. The van der Waals surface area contributed by atoms with Crippen LogP contribution in [0.4, 0.5) is 0 Å². The fourth-order valence-corrected chi connectivity index (χ4v) is 1.96. The summed E-state index contributed by atoms with van der Waals surface area (Å²) in [6.45, 7) is 0. The molecule has 1 aliphatic carbocycles. The van der Waals surface area contributed by atoms with Gasteiger partial charge in [0, 0.05) is 18.1 Å². The van der Waals surface area contributed by atoms with Crippen molar-refractivity contribution in [3.05, 3.63) is 16.0 Å². The highest BCUT2D eigenvalue weighted by Gasteiger charge is 2.57. The maximum absolute atomic E-state index is 11.1. The highest BCUT2D eigenvalue weighted by atomic mass is 32.1. The normalized spacial score (nSPS) is 30.2. The minimum Gasteiger partial charge on any atom is -0.480 e. The summed E-state index contributed by atoms with van der Waals surface area (Å²) in [5.41, 5.74) is 4.56. The lowest BCUT2D eigenvalue weighted by molar-refractivity contribution is -0.140. The Kier molecular flexibility index (Phi) is 1.93. The number of rotatable bonds is 3. The summed E-state index contributed by atoms with van der Waals surface area (Å²) < 4.78 is 6.29. The standard InChI is InChI=1S/C7H9N3O3S/c8-7(6(12)13)2-3(7)1-4-5(11)10-14-9-4/h3H,1-2,8H2,(H,10,11)(H,12,13)/t3-,7-/m1/s1. The molecule has 0 radical (unpaired) electrons. The maximum atomic E-state index is 11.1. The number of nitrogens with two attached hydrogens (primary N) is 1. The van der Waals surface area contributed by atoms with Gasteiger partial charge in [-0.1, -0.05) is 0 Å². The summed E-state index contributed by atoms with van der Waals surface area (Å²) in [6.07, 6.45) is 0.765. The summed E-state index contributed by atoms with van der Waals surface area (Å²) in [6, 6.07) is 0. The Bertz CT molecular complexity index is 426. The van der Waals surface area contributed by atoms with E-state index in [1.165, 1.54) is 0 Å². The Morgan fingerprint density at radius 3 is 3.00 bits per heavy atom. The summed E-state index contributed by atoms with van der Waals surface area (Å²) >= 11 is 0.969. The number of hydrogen-bond donors (Lipinski definition) is 3. The molecule has 2 atom stereocenters. The van der Waals surface area contributed by atoms with Gasteiger partial charge in [-0.3, -0.25) is 14.0 Å². The molecule has 0 aliphatic heterocycles. The van der Waals surface area contributed by atoms with E-state index in [0.717, 1.165) is 11.7 Å². The molecule has 1 aromatic heterocycles. The summed E-state index contributed by atoms with van der Waals surface area (Å²) in [4.78, 5) is 21.7. The average Bonchev–Trinajstić information content (AvgIpc) is 2.59. The molecule has 4 N–H and O–H groups in total. The number of carboxylic acid groups (broad SMARTS) is 1. The van der Waals surface area contributed by atoms with Crippen LogP contribution in [0.5, 0.6) is 0 Å². The van der Waals surface area contributed by atoms with Gasteiger partial charge in [0.1, 0.15) is 11.2 Å². The van der Waals surface area contributed by atoms with E-state index in [-0.39, 0.29) is 11.5 Å². The Balaban J connectivity index is 2.07. The molecule has 1 heterocycles. The lowest BCUT2D eigenvalue weighted by Crippen LogP contribution is -2.35.